The molecule has 1 atom stereocenters. The van der Waals surface area contributed by atoms with Gasteiger partial charge < -0.3 is 10.4 Å². The minimum atomic E-state index is -1.21. The van der Waals surface area contributed by atoms with E-state index in [9.17, 15) is 9.90 Å². The normalized spacial score (nSPS) is 11.4. The van der Waals surface area contributed by atoms with Crippen molar-refractivity contribution in [3.05, 3.63) is 65.7 Å². The quantitative estimate of drug-likeness (QED) is 0.879. The second-order valence-electron chi connectivity index (χ2n) is 3.99. The highest BCUT2D eigenvalue weighted by Crippen LogP contribution is 2.16. The van der Waals surface area contributed by atoms with Crippen LogP contribution in [0.5, 0.6) is 0 Å². The lowest BCUT2D eigenvalue weighted by atomic mass is 10.1. The van der Waals surface area contributed by atoms with Crippen molar-refractivity contribution in [3.8, 4) is 6.07 Å². The summed E-state index contributed by atoms with van der Waals surface area (Å²) in [4.78, 5) is 11.8. The Hall–Kier alpha value is -2.64. The standard InChI is InChI=1S/C15H12N2O2/c16-10-11-6-8-13(9-7-11)17-15(19)14(18)12-4-2-1-3-5-12/h1-9,14,18H,(H,17,19). The summed E-state index contributed by atoms with van der Waals surface area (Å²) < 4.78 is 0. The average Bonchev–Trinajstić information content (AvgIpc) is 2.48. The van der Waals surface area contributed by atoms with Crippen LogP contribution in [0.15, 0.2) is 54.6 Å². The van der Waals surface area contributed by atoms with Gasteiger partial charge in [0, 0.05) is 5.69 Å². The number of nitrogens with one attached hydrogen (secondary N) is 1. The van der Waals surface area contributed by atoms with Crippen LogP contribution in [0.2, 0.25) is 0 Å². The van der Waals surface area contributed by atoms with E-state index in [1.165, 1.54) is 0 Å². The van der Waals surface area contributed by atoms with Crippen LogP contribution >= 0.6 is 0 Å². The molecule has 0 saturated carbocycles. The maximum Gasteiger partial charge on any atom is 0.257 e. The van der Waals surface area contributed by atoms with Gasteiger partial charge in [-0.1, -0.05) is 30.3 Å². The number of benzene rings is 2. The number of aliphatic hydroxyl groups excluding tert-OH is 1. The van der Waals surface area contributed by atoms with Crippen LogP contribution in [0.1, 0.15) is 17.2 Å². The first-order valence-electron chi connectivity index (χ1n) is 5.75. The molecule has 0 fully saturated rings. The van der Waals surface area contributed by atoms with Gasteiger partial charge in [0.05, 0.1) is 11.6 Å². The molecular weight excluding hydrogens is 240 g/mol. The van der Waals surface area contributed by atoms with Gasteiger partial charge in [-0.05, 0) is 29.8 Å². The number of hydrogen-bond donors (Lipinski definition) is 2. The van der Waals surface area contributed by atoms with Crippen molar-refractivity contribution < 1.29 is 9.90 Å². The third kappa shape index (κ3) is 3.18. The Bertz CT molecular complexity index is 600. The fourth-order valence-corrected chi connectivity index (χ4v) is 1.63. The number of amides is 1. The first kappa shape index (κ1) is 12.8. The first-order chi connectivity index (χ1) is 9.20. The van der Waals surface area contributed by atoms with E-state index < -0.39 is 12.0 Å². The average molecular weight is 252 g/mol. The number of rotatable bonds is 3. The van der Waals surface area contributed by atoms with Gasteiger partial charge in [-0.2, -0.15) is 5.26 Å². The zero-order valence-electron chi connectivity index (χ0n) is 10.1. The van der Waals surface area contributed by atoms with Crippen LogP contribution in [0.25, 0.3) is 0 Å². The van der Waals surface area contributed by atoms with E-state index in [4.69, 9.17) is 5.26 Å². The van der Waals surface area contributed by atoms with Gasteiger partial charge in [0.2, 0.25) is 0 Å². The molecule has 0 heterocycles. The summed E-state index contributed by atoms with van der Waals surface area (Å²) in [7, 11) is 0. The molecule has 4 nitrogen and oxygen atoms in total. The molecule has 0 aliphatic heterocycles. The predicted molar refractivity (Wildman–Crippen MR) is 71.2 cm³/mol. The highest BCUT2D eigenvalue weighted by atomic mass is 16.3. The van der Waals surface area contributed by atoms with Gasteiger partial charge in [-0.3, -0.25) is 4.79 Å². The molecule has 4 heteroatoms. The third-order valence-corrected chi connectivity index (χ3v) is 2.65. The number of aliphatic hydroxyl groups is 1. The molecule has 1 amide bonds. The lowest BCUT2D eigenvalue weighted by molar-refractivity contribution is -0.124. The summed E-state index contributed by atoms with van der Waals surface area (Å²) in [5.41, 5.74) is 1.59. The van der Waals surface area contributed by atoms with Gasteiger partial charge in [0.15, 0.2) is 6.10 Å². The van der Waals surface area contributed by atoms with Gasteiger partial charge in [-0.25, -0.2) is 0 Å². The Morgan fingerprint density at radius 3 is 2.32 bits per heavy atom. The monoisotopic (exact) mass is 252 g/mol. The van der Waals surface area contributed by atoms with Crippen LogP contribution in [-0.4, -0.2) is 11.0 Å². The van der Waals surface area contributed by atoms with Gasteiger partial charge in [-0.15, -0.1) is 0 Å². The maximum atomic E-state index is 11.8. The predicted octanol–water partition coefficient (Wildman–Crippen LogP) is 2.23. The SMILES string of the molecule is N#Cc1ccc(NC(=O)C(O)c2ccccc2)cc1. The minimum absolute atomic E-state index is 0.504. The summed E-state index contributed by atoms with van der Waals surface area (Å²) in [5, 5.41) is 21.1. The topological polar surface area (TPSA) is 73.1 Å². The summed E-state index contributed by atoms with van der Waals surface area (Å²) >= 11 is 0. The van der Waals surface area contributed by atoms with Crippen molar-refractivity contribution in [2.24, 2.45) is 0 Å². The zero-order chi connectivity index (χ0) is 13.7. The molecule has 19 heavy (non-hydrogen) atoms. The summed E-state index contributed by atoms with van der Waals surface area (Å²) in [6, 6.07) is 17.1. The number of hydrogen-bond acceptors (Lipinski definition) is 3. The number of carbonyl (C=O) groups is 1. The Morgan fingerprint density at radius 1 is 1.11 bits per heavy atom. The first-order valence-corrected chi connectivity index (χ1v) is 5.75. The molecule has 0 aromatic heterocycles. The molecule has 0 saturated heterocycles. The summed E-state index contributed by atoms with van der Waals surface area (Å²) in [6.07, 6.45) is -1.21. The Kier molecular flexibility index (Phi) is 3.91. The lowest BCUT2D eigenvalue weighted by Crippen LogP contribution is -2.20. The minimum Gasteiger partial charge on any atom is -0.378 e. The van der Waals surface area contributed by atoms with Crippen molar-refractivity contribution in [1.82, 2.24) is 0 Å². The molecule has 0 aliphatic rings. The van der Waals surface area contributed by atoms with Crippen LogP contribution < -0.4 is 5.32 Å². The summed E-state index contributed by atoms with van der Waals surface area (Å²) in [5.74, 6) is -0.504. The number of nitrogens with zero attached hydrogens (tertiary/aromatic N) is 1. The highest BCUT2D eigenvalue weighted by Gasteiger charge is 2.16. The number of anilines is 1. The van der Waals surface area contributed by atoms with Crippen LogP contribution in [-0.2, 0) is 4.79 Å². The molecule has 2 rings (SSSR count). The highest BCUT2D eigenvalue weighted by molar-refractivity contribution is 5.94. The molecule has 0 radical (unpaired) electrons. The fourth-order valence-electron chi connectivity index (χ4n) is 1.63. The molecule has 2 aromatic rings. The van der Waals surface area contributed by atoms with E-state index in [0.29, 0.717) is 16.8 Å². The smallest absolute Gasteiger partial charge is 0.257 e. The van der Waals surface area contributed by atoms with E-state index in [1.54, 1.807) is 48.5 Å². The largest absolute Gasteiger partial charge is 0.378 e. The van der Waals surface area contributed by atoms with Gasteiger partial charge in [0.1, 0.15) is 0 Å². The van der Waals surface area contributed by atoms with E-state index >= 15 is 0 Å². The zero-order valence-corrected chi connectivity index (χ0v) is 10.1. The van der Waals surface area contributed by atoms with E-state index in [0.717, 1.165) is 0 Å². The number of carbonyl (C=O) groups excluding carboxylic acids is 1. The van der Waals surface area contributed by atoms with Crippen molar-refractivity contribution >= 4 is 11.6 Å². The second kappa shape index (κ2) is 5.80. The molecule has 0 bridgehead atoms. The molecule has 2 N–H and O–H groups in total. The third-order valence-electron chi connectivity index (χ3n) is 2.65. The molecule has 1 unspecified atom stereocenters. The Labute approximate surface area is 110 Å². The Balaban J connectivity index is 2.06. The molecule has 94 valence electrons. The van der Waals surface area contributed by atoms with Crippen molar-refractivity contribution in [1.29, 1.82) is 5.26 Å². The van der Waals surface area contributed by atoms with Gasteiger partial charge in [0.25, 0.3) is 5.91 Å². The van der Waals surface area contributed by atoms with E-state index in [-0.39, 0.29) is 0 Å². The fraction of sp³-hybridized carbons (Fsp3) is 0.0667. The van der Waals surface area contributed by atoms with Crippen molar-refractivity contribution in [2.45, 2.75) is 6.10 Å². The Morgan fingerprint density at radius 2 is 1.74 bits per heavy atom. The van der Waals surface area contributed by atoms with Crippen LogP contribution in [0.3, 0.4) is 0 Å². The summed E-state index contributed by atoms with van der Waals surface area (Å²) in [6.45, 7) is 0. The van der Waals surface area contributed by atoms with E-state index in [1.807, 2.05) is 12.1 Å². The number of nitriles is 1. The van der Waals surface area contributed by atoms with Crippen molar-refractivity contribution in [2.75, 3.05) is 5.32 Å². The van der Waals surface area contributed by atoms with Gasteiger partial charge >= 0.3 is 0 Å². The maximum absolute atomic E-state index is 11.8. The lowest BCUT2D eigenvalue weighted by Gasteiger charge is -2.11. The molecular formula is C15H12N2O2. The van der Waals surface area contributed by atoms with Crippen LogP contribution in [0, 0.1) is 11.3 Å². The van der Waals surface area contributed by atoms with Crippen molar-refractivity contribution in [3.63, 3.8) is 0 Å². The van der Waals surface area contributed by atoms with E-state index in [2.05, 4.69) is 5.32 Å². The molecule has 0 aliphatic carbocycles. The second-order valence-corrected chi connectivity index (χ2v) is 3.99. The van der Waals surface area contributed by atoms with Crippen LogP contribution in [0.4, 0.5) is 5.69 Å². The molecule has 0 spiro atoms. The molecule has 2 aromatic carbocycles.